The summed E-state index contributed by atoms with van der Waals surface area (Å²) < 4.78 is 27.9. The second kappa shape index (κ2) is 4.92. The van der Waals surface area contributed by atoms with Gasteiger partial charge >= 0.3 is 5.97 Å². The van der Waals surface area contributed by atoms with Crippen LogP contribution in [0.4, 0.5) is 4.39 Å². The molecule has 17 heavy (non-hydrogen) atoms. The summed E-state index contributed by atoms with van der Waals surface area (Å²) >= 11 is 0. The fourth-order valence-corrected chi connectivity index (χ4v) is 1.33. The van der Waals surface area contributed by atoms with E-state index >= 15 is 0 Å². The van der Waals surface area contributed by atoms with Gasteiger partial charge in [0.1, 0.15) is 6.54 Å². The molecule has 2 rings (SSSR count). The van der Waals surface area contributed by atoms with E-state index in [1.54, 1.807) is 0 Å². The lowest BCUT2D eigenvalue weighted by molar-refractivity contribution is -0.132. The number of cyclic esters (lactones) is 1. The molecule has 90 valence electrons. The molecule has 0 amide bonds. The highest BCUT2D eigenvalue weighted by Crippen LogP contribution is 2.20. The Bertz CT molecular complexity index is 473. The first-order chi connectivity index (χ1) is 8.20. The summed E-state index contributed by atoms with van der Waals surface area (Å²) in [6.45, 7) is -0.0758. The zero-order valence-electron chi connectivity index (χ0n) is 9.10. The van der Waals surface area contributed by atoms with Crippen molar-refractivity contribution in [2.75, 3.05) is 20.4 Å². The Balaban J connectivity index is 2.21. The smallest absolute Gasteiger partial charge is 0.334 e. The van der Waals surface area contributed by atoms with Crippen molar-refractivity contribution < 1.29 is 23.4 Å². The number of benzene rings is 1. The van der Waals surface area contributed by atoms with Gasteiger partial charge in [-0.15, -0.1) is 0 Å². The normalized spacial score (nSPS) is 14.5. The number of ether oxygens (including phenoxy) is 3. The Hall–Kier alpha value is -1.95. The Morgan fingerprint density at radius 2 is 2.35 bits per heavy atom. The number of nitrogens with zero attached hydrogens (tertiary/aromatic N) is 1. The Labute approximate surface area is 96.8 Å². The largest absolute Gasteiger partial charge is 0.464 e. The predicted octanol–water partition coefficient (Wildman–Crippen LogP) is 1.11. The number of carbonyl (C=O) groups is 1. The molecule has 0 atom stereocenters. The van der Waals surface area contributed by atoms with Crippen LogP contribution in [0.3, 0.4) is 0 Å². The van der Waals surface area contributed by atoms with E-state index in [2.05, 4.69) is 9.73 Å². The first kappa shape index (κ1) is 11.5. The van der Waals surface area contributed by atoms with Crippen LogP contribution in [0, 0.1) is 5.82 Å². The van der Waals surface area contributed by atoms with Crippen LogP contribution < -0.4 is 4.74 Å². The number of esters is 1. The van der Waals surface area contributed by atoms with Crippen LogP contribution in [0.2, 0.25) is 0 Å². The van der Waals surface area contributed by atoms with Gasteiger partial charge in [0.25, 0.3) is 0 Å². The van der Waals surface area contributed by atoms with Crippen molar-refractivity contribution in [2.24, 2.45) is 4.99 Å². The molecule has 1 aliphatic heterocycles. The fraction of sp³-hybridized carbons (Fsp3) is 0.273. The summed E-state index contributed by atoms with van der Waals surface area (Å²) in [7, 11) is 1.44. The van der Waals surface area contributed by atoms with Gasteiger partial charge in [0.05, 0.1) is 0 Å². The van der Waals surface area contributed by atoms with Crippen LogP contribution >= 0.6 is 0 Å². The maximum absolute atomic E-state index is 13.3. The third kappa shape index (κ3) is 2.59. The first-order valence-corrected chi connectivity index (χ1v) is 4.87. The molecule has 0 radical (unpaired) electrons. The molecule has 1 heterocycles. The molecule has 0 bridgehead atoms. The summed E-state index contributed by atoms with van der Waals surface area (Å²) in [4.78, 5) is 14.8. The monoisotopic (exact) mass is 239 g/mol. The summed E-state index contributed by atoms with van der Waals surface area (Å²) in [5.74, 6) is -0.744. The van der Waals surface area contributed by atoms with E-state index in [4.69, 9.17) is 9.47 Å². The molecule has 0 aromatic heterocycles. The number of methoxy groups -OCH3 is 1. The molecule has 0 saturated heterocycles. The van der Waals surface area contributed by atoms with Crippen molar-refractivity contribution in [1.29, 1.82) is 0 Å². The molecule has 6 heteroatoms. The Morgan fingerprint density at radius 3 is 3.00 bits per heavy atom. The number of hydrogen-bond acceptors (Lipinski definition) is 5. The van der Waals surface area contributed by atoms with E-state index in [0.29, 0.717) is 5.56 Å². The van der Waals surface area contributed by atoms with Crippen LogP contribution in [0.15, 0.2) is 23.2 Å². The zero-order valence-corrected chi connectivity index (χ0v) is 9.10. The summed E-state index contributed by atoms with van der Waals surface area (Å²) in [5, 5.41) is 0. The second-order valence-electron chi connectivity index (χ2n) is 3.29. The molecule has 0 N–H and O–H groups in total. The van der Waals surface area contributed by atoms with Crippen molar-refractivity contribution in [1.82, 2.24) is 0 Å². The molecular formula is C11H10FNO4. The van der Waals surface area contributed by atoms with Gasteiger partial charge in [-0.1, -0.05) is 0 Å². The number of rotatable bonds is 4. The van der Waals surface area contributed by atoms with E-state index in [1.165, 1.54) is 25.3 Å². The van der Waals surface area contributed by atoms with Crippen LogP contribution in [0.1, 0.15) is 5.56 Å². The number of halogens is 1. The molecule has 1 aliphatic rings. The summed E-state index contributed by atoms with van der Waals surface area (Å²) in [5.41, 5.74) is 0.489. The second-order valence-corrected chi connectivity index (χ2v) is 3.29. The van der Waals surface area contributed by atoms with Gasteiger partial charge in [0.15, 0.2) is 18.4 Å². The van der Waals surface area contributed by atoms with E-state index in [-0.39, 0.29) is 25.0 Å². The molecule has 1 aromatic carbocycles. The van der Waals surface area contributed by atoms with Crippen LogP contribution in [-0.2, 0) is 14.3 Å². The zero-order chi connectivity index (χ0) is 12.3. The Kier molecular flexibility index (Phi) is 3.34. The van der Waals surface area contributed by atoms with Crippen LogP contribution in [0.5, 0.6) is 5.75 Å². The molecule has 0 saturated carbocycles. The SMILES string of the molecule is COCOc1cc(C2=NCC(=O)O2)ccc1F. The van der Waals surface area contributed by atoms with Crippen LogP contribution in [0.25, 0.3) is 0 Å². The van der Waals surface area contributed by atoms with Gasteiger partial charge in [-0.05, 0) is 18.2 Å². The van der Waals surface area contributed by atoms with Gasteiger partial charge in [0, 0.05) is 12.7 Å². The lowest BCUT2D eigenvalue weighted by Gasteiger charge is -2.07. The van der Waals surface area contributed by atoms with Gasteiger partial charge < -0.3 is 14.2 Å². The van der Waals surface area contributed by atoms with E-state index in [9.17, 15) is 9.18 Å². The van der Waals surface area contributed by atoms with Crippen molar-refractivity contribution in [3.05, 3.63) is 29.6 Å². The molecule has 0 spiro atoms. The van der Waals surface area contributed by atoms with E-state index in [1.807, 2.05) is 0 Å². The molecule has 1 aromatic rings. The highest BCUT2D eigenvalue weighted by Gasteiger charge is 2.19. The van der Waals surface area contributed by atoms with Gasteiger partial charge in [-0.25, -0.2) is 14.2 Å². The highest BCUT2D eigenvalue weighted by atomic mass is 19.1. The quantitative estimate of drug-likeness (QED) is 0.583. The van der Waals surface area contributed by atoms with E-state index in [0.717, 1.165) is 0 Å². The summed E-state index contributed by atoms with van der Waals surface area (Å²) in [6.07, 6.45) is 0. The predicted molar refractivity (Wildman–Crippen MR) is 56.4 cm³/mol. The standard InChI is InChI=1S/C11H10FNO4/c1-15-6-16-9-4-7(2-3-8(9)12)11-13-5-10(14)17-11/h2-4H,5-6H2,1H3. The fourth-order valence-electron chi connectivity index (χ4n) is 1.33. The molecular weight excluding hydrogens is 229 g/mol. The van der Waals surface area contributed by atoms with Crippen molar-refractivity contribution in [3.63, 3.8) is 0 Å². The molecule has 5 nitrogen and oxygen atoms in total. The topological polar surface area (TPSA) is 57.1 Å². The maximum atomic E-state index is 13.3. The van der Waals surface area contributed by atoms with Gasteiger partial charge in [-0.3, -0.25) is 0 Å². The lowest BCUT2D eigenvalue weighted by Crippen LogP contribution is -2.07. The average Bonchev–Trinajstić information content (AvgIpc) is 2.75. The molecule has 0 aliphatic carbocycles. The molecule has 0 unspecified atom stereocenters. The van der Waals surface area contributed by atoms with E-state index < -0.39 is 11.8 Å². The van der Waals surface area contributed by atoms with Crippen molar-refractivity contribution in [2.45, 2.75) is 0 Å². The minimum Gasteiger partial charge on any atom is -0.464 e. The summed E-state index contributed by atoms with van der Waals surface area (Å²) in [6, 6.07) is 4.09. The minimum atomic E-state index is -0.518. The minimum absolute atomic E-state index is 0.0129. The number of carbonyl (C=O) groups excluding carboxylic acids is 1. The molecule has 0 fully saturated rings. The first-order valence-electron chi connectivity index (χ1n) is 4.87. The van der Waals surface area contributed by atoms with Crippen molar-refractivity contribution >= 4 is 11.9 Å². The number of aliphatic imine (C=N–C) groups is 1. The van der Waals surface area contributed by atoms with Gasteiger partial charge in [-0.2, -0.15) is 0 Å². The van der Waals surface area contributed by atoms with Gasteiger partial charge in [0.2, 0.25) is 5.90 Å². The average molecular weight is 239 g/mol. The van der Waals surface area contributed by atoms with Crippen LogP contribution in [-0.4, -0.2) is 32.3 Å². The maximum Gasteiger partial charge on any atom is 0.334 e. The Morgan fingerprint density at radius 1 is 1.53 bits per heavy atom. The van der Waals surface area contributed by atoms with Crippen molar-refractivity contribution in [3.8, 4) is 5.75 Å². The third-order valence-electron chi connectivity index (χ3n) is 2.07. The number of hydrogen-bond donors (Lipinski definition) is 0. The lowest BCUT2D eigenvalue weighted by atomic mass is 10.2. The third-order valence-corrected chi connectivity index (χ3v) is 2.07. The highest BCUT2D eigenvalue weighted by molar-refractivity contribution is 6.05.